The van der Waals surface area contributed by atoms with Crippen LogP contribution in [0.3, 0.4) is 0 Å². The lowest BCUT2D eigenvalue weighted by Crippen LogP contribution is -2.21. The highest BCUT2D eigenvalue weighted by Crippen LogP contribution is 2.28. The molecular formula is C10H11ClIN. The molecule has 70 valence electrons. The van der Waals surface area contributed by atoms with Crippen molar-refractivity contribution in [3.8, 4) is 0 Å². The van der Waals surface area contributed by atoms with E-state index in [-0.39, 0.29) is 0 Å². The molecule has 2 rings (SSSR count). The largest absolute Gasteiger partial charge is 0.243 e. The van der Waals surface area contributed by atoms with E-state index < -0.39 is 0 Å². The maximum atomic E-state index is 6.17. The number of hydrogen-bond donors (Lipinski definition) is 0. The van der Waals surface area contributed by atoms with Gasteiger partial charge in [-0.15, -0.1) is 0 Å². The van der Waals surface area contributed by atoms with Gasteiger partial charge < -0.3 is 0 Å². The van der Waals surface area contributed by atoms with Crippen molar-refractivity contribution in [2.24, 2.45) is 0 Å². The van der Waals surface area contributed by atoms with Gasteiger partial charge in [-0.2, -0.15) is 0 Å². The molecule has 0 aromatic heterocycles. The number of fused-ring (bicyclic) bond motifs is 1. The highest BCUT2D eigenvalue weighted by atomic mass is 127. The minimum Gasteiger partial charge on any atom is -0.243 e. The van der Waals surface area contributed by atoms with Gasteiger partial charge in [0, 0.05) is 41.0 Å². The maximum Gasteiger partial charge on any atom is 0.0444 e. The van der Waals surface area contributed by atoms with E-state index in [4.69, 9.17) is 11.6 Å². The smallest absolute Gasteiger partial charge is 0.0444 e. The molecule has 0 radical (unpaired) electrons. The number of hydrogen-bond acceptors (Lipinski definition) is 1. The molecule has 13 heavy (non-hydrogen) atoms. The first kappa shape index (κ1) is 9.74. The molecular weight excluding hydrogens is 296 g/mol. The summed E-state index contributed by atoms with van der Waals surface area (Å²) < 4.78 is 2.30. The van der Waals surface area contributed by atoms with E-state index in [0.29, 0.717) is 0 Å². The Morgan fingerprint density at radius 3 is 3.00 bits per heavy atom. The Hall–Kier alpha value is 0.200. The Labute approximate surface area is 97.6 Å². The monoisotopic (exact) mass is 307 g/mol. The molecule has 0 bridgehead atoms. The fourth-order valence-electron chi connectivity index (χ4n) is 1.76. The molecule has 1 aliphatic heterocycles. The van der Waals surface area contributed by atoms with Gasteiger partial charge in [-0.05, 0) is 36.1 Å². The van der Waals surface area contributed by atoms with Gasteiger partial charge in [0.15, 0.2) is 0 Å². The Morgan fingerprint density at radius 1 is 1.46 bits per heavy atom. The zero-order valence-electron chi connectivity index (χ0n) is 7.48. The van der Waals surface area contributed by atoms with Gasteiger partial charge in [0.05, 0.1) is 0 Å². The van der Waals surface area contributed by atoms with Crippen LogP contribution in [-0.2, 0) is 13.0 Å². The molecule has 1 heterocycles. The second-order valence-electron chi connectivity index (χ2n) is 3.48. The summed E-state index contributed by atoms with van der Waals surface area (Å²) in [6, 6.07) is 4.30. The van der Waals surface area contributed by atoms with Crippen LogP contribution >= 0.6 is 34.5 Å². The summed E-state index contributed by atoms with van der Waals surface area (Å²) in [5.41, 5.74) is 4.00. The molecule has 1 aromatic rings. The van der Waals surface area contributed by atoms with Gasteiger partial charge in [0.1, 0.15) is 0 Å². The van der Waals surface area contributed by atoms with E-state index in [1.54, 1.807) is 0 Å². The third-order valence-electron chi connectivity index (χ3n) is 2.38. The van der Waals surface area contributed by atoms with Crippen LogP contribution in [0.15, 0.2) is 12.1 Å². The van der Waals surface area contributed by atoms with Crippen LogP contribution in [0.5, 0.6) is 0 Å². The van der Waals surface area contributed by atoms with Crippen LogP contribution in [0.25, 0.3) is 0 Å². The van der Waals surface area contributed by atoms with E-state index in [2.05, 4.69) is 45.0 Å². The summed E-state index contributed by atoms with van der Waals surface area (Å²) in [4.78, 5) is 0. The molecule has 1 aromatic carbocycles. The Bertz CT molecular complexity index is 338. The predicted octanol–water partition coefficient (Wildman–Crippen LogP) is 3.36. The highest BCUT2D eigenvalue weighted by molar-refractivity contribution is 14.1. The molecule has 0 unspecified atom stereocenters. The molecule has 0 saturated carbocycles. The number of rotatable bonds is 0. The van der Waals surface area contributed by atoms with Crippen molar-refractivity contribution < 1.29 is 0 Å². The molecule has 0 atom stereocenters. The van der Waals surface area contributed by atoms with Gasteiger partial charge >= 0.3 is 0 Å². The standard InChI is InChI=1S/C10H11ClIN/c1-7-4-8-6-13(12)3-2-9(8)10(11)5-7/h4-5H,2-3,6H2,1H3. The molecule has 0 amide bonds. The van der Waals surface area contributed by atoms with Crippen LogP contribution in [0.1, 0.15) is 16.7 Å². The minimum absolute atomic E-state index is 0.944. The van der Waals surface area contributed by atoms with Gasteiger partial charge in [0.25, 0.3) is 0 Å². The first-order valence-electron chi connectivity index (χ1n) is 4.35. The molecule has 0 aliphatic carbocycles. The Balaban J connectivity index is 2.47. The van der Waals surface area contributed by atoms with Crippen molar-refractivity contribution in [3.63, 3.8) is 0 Å². The Morgan fingerprint density at radius 2 is 2.23 bits per heavy atom. The molecule has 0 N–H and O–H groups in total. The lowest BCUT2D eigenvalue weighted by Gasteiger charge is -2.24. The first-order valence-corrected chi connectivity index (χ1v) is 5.70. The van der Waals surface area contributed by atoms with Gasteiger partial charge in [-0.1, -0.05) is 17.7 Å². The molecule has 3 heteroatoms. The third kappa shape index (κ3) is 2.00. The number of benzene rings is 1. The van der Waals surface area contributed by atoms with Gasteiger partial charge in [-0.3, -0.25) is 0 Å². The lowest BCUT2D eigenvalue weighted by atomic mass is 9.99. The number of aryl methyl sites for hydroxylation is 1. The average molecular weight is 308 g/mol. The average Bonchev–Trinajstić information content (AvgIpc) is 2.02. The normalized spacial score (nSPS) is 17.2. The molecule has 1 nitrogen and oxygen atoms in total. The van der Waals surface area contributed by atoms with Crippen molar-refractivity contribution >= 4 is 34.5 Å². The van der Waals surface area contributed by atoms with E-state index >= 15 is 0 Å². The van der Waals surface area contributed by atoms with E-state index in [9.17, 15) is 0 Å². The van der Waals surface area contributed by atoms with Crippen LogP contribution in [0.4, 0.5) is 0 Å². The van der Waals surface area contributed by atoms with E-state index in [1.165, 1.54) is 16.7 Å². The van der Waals surface area contributed by atoms with E-state index in [1.807, 2.05) is 0 Å². The van der Waals surface area contributed by atoms with Crippen molar-refractivity contribution in [2.75, 3.05) is 6.54 Å². The minimum atomic E-state index is 0.944. The molecule has 1 aliphatic rings. The van der Waals surface area contributed by atoms with Crippen molar-refractivity contribution in [1.82, 2.24) is 3.11 Å². The number of halogens is 2. The fraction of sp³-hybridized carbons (Fsp3) is 0.400. The molecule has 0 saturated heterocycles. The molecule has 0 fully saturated rings. The summed E-state index contributed by atoms with van der Waals surface area (Å²) in [5, 5.41) is 0.944. The summed E-state index contributed by atoms with van der Waals surface area (Å²) in [7, 11) is 0. The highest BCUT2D eigenvalue weighted by Gasteiger charge is 2.16. The van der Waals surface area contributed by atoms with Crippen LogP contribution < -0.4 is 0 Å². The van der Waals surface area contributed by atoms with Crippen LogP contribution in [0.2, 0.25) is 5.02 Å². The van der Waals surface area contributed by atoms with Gasteiger partial charge in [-0.25, -0.2) is 3.11 Å². The topological polar surface area (TPSA) is 3.24 Å². The first-order chi connectivity index (χ1) is 6.16. The van der Waals surface area contributed by atoms with Crippen molar-refractivity contribution in [2.45, 2.75) is 19.9 Å². The maximum absolute atomic E-state index is 6.17. The molecule has 0 spiro atoms. The predicted molar refractivity (Wildman–Crippen MR) is 64.3 cm³/mol. The second-order valence-corrected chi connectivity index (χ2v) is 5.25. The lowest BCUT2D eigenvalue weighted by molar-refractivity contribution is 0.480. The zero-order chi connectivity index (χ0) is 9.42. The summed E-state index contributed by atoms with van der Waals surface area (Å²) in [5.74, 6) is 0. The second kappa shape index (κ2) is 3.75. The number of nitrogens with zero attached hydrogens (tertiary/aromatic N) is 1. The fourth-order valence-corrected chi connectivity index (χ4v) is 2.76. The van der Waals surface area contributed by atoms with Gasteiger partial charge in [0.2, 0.25) is 0 Å². The Kier molecular flexibility index (Phi) is 2.81. The quantitative estimate of drug-likeness (QED) is 0.525. The van der Waals surface area contributed by atoms with E-state index in [0.717, 1.165) is 24.5 Å². The summed E-state index contributed by atoms with van der Waals surface area (Å²) in [6.07, 6.45) is 1.08. The van der Waals surface area contributed by atoms with Crippen molar-refractivity contribution in [1.29, 1.82) is 0 Å². The SMILES string of the molecule is Cc1cc(Cl)c2c(c1)CN(I)CC2. The van der Waals surface area contributed by atoms with Crippen LogP contribution in [0, 0.1) is 6.92 Å². The summed E-state index contributed by atoms with van der Waals surface area (Å²) >= 11 is 8.54. The zero-order valence-corrected chi connectivity index (χ0v) is 10.4. The summed E-state index contributed by atoms with van der Waals surface area (Å²) in [6.45, 7) is 4.23. The third-order valence-corrected chi connectivity index (χ3v) is 3.54. The van der Waals surface area contributed by atoms with Crippen LogP contribution in [-0.4, -0.2) is 9.66 Å². The van der Waals surface area contributed by atoms with Crippen molar-refractivity contribution in [3.05, 3.63) is 33.8 Å².